The number of hydrogen-bond acceptors (Lipinski definition) is 3. The molecule has 0 rings (SSSR count). The number of carboxylic acid groups (broad SMARTS) is 1. The average Bonchev–Trinajstić information content (AvgIpc) is 1.21. The van der Waals surface area contributed by atoms with Gasteiger partial charge in [-0.1, -0.05) is 0 Å². The van der Waals surface area contributed by atoms with Gasteiger partial charge in [0.1, 0.15) is 0 Å². The summed E-state index contributed by atoms with van der Waals surface area (Å²) in [5.41, 5.74) is 0. The fraction of sp³-hybridized carbons (Fsp3) is 0. The molecule has 0 radical (unpaired) electrons. The van der Waals surface area contributed by atoms with Crippen LogP contribution in [-0.4, -0.2) is 145 Å². The van der Waals surface area contributed by atoms with Crippen molar-refractivity contribution in [3.05, 3.63) is 0 Å². The molecule has 76 valence electrons. The molecule has 0 aromatic rings. The zero-order valence-electron chi connectivity index (χ0n) is 12.6. The summed E-state index contributed by atoms with van der Waals surface area (Å²) < 4.78 is 12.6. The molecule has 0 bridgehead atoms. The van der Waals surface area contributed by atoms with Gasteiger partial charge in [-0.2, -0.15) is 0 Å². The fourth-order valence-electron chi connectivity index (χ4n) is 0.102. The summed E-state index contributed by atoms with van der Waals surface area (Å²) in [7, 11) is -4.82. The molecule has 0 atom stereocenters. The van der Waals surface area contributed by atoms with Crippen molar-refractivity contribution in [1.82, 2.24) is 0 Å². The van der Waals surface area contributed by atoms with E-state index >= 15 is 0 Å². The van der Waals surface area contributed by atoms with Gasteiger partial charge < -0.3 is 29.1 Å². The molecule has 8 nitrogen and oxygen atoms in total. The quantitative estimate of drug-likeness (QED) is 0.362. The third-order valence-electron chi connectivity index (χ3n) is 0.197. The first-order valence-corrected chi connectivity index (χ1v) is 2.93. The average molecular weight is 304 g/mol. The van der Waals surface area contributed by atoms with E-state index in [-0.39, 0.29) is 133 Å². The Morgan fingerprint density at radius 2 is 1.38 bits per heavy atom. The molecule has 13 heavy (non-hydrogen) atoms. The van der Waals surface area contributed by atoms with E-state index in [1.807, 2.05) is 0 Å². The van der Waals surface area contributed by atoms with Crippen molar-refractivity contribution >= 4 is 127 Å². The number of carbonyl (C=O) groups is 1. The minimum absolute atomic E-state index is 0. The van der Waals surface area contributed by atoms with Gasteiger partial charge in [-0.05, 0) is 0 Å². The molecule has 0 amide bonds. The number of phosphoric acid groups is 1. The summed E-state index contributed by atoms with van der Waals surface area (Å²) in [6, 6.07) is 0. The SMILES string of the molecule is O.O.O=C(O)OP(=O)(O)O.[Ca+2].[Ca+2].[Ca+2].[H-].[H-].[H-].[H-].[H-].[H-]. The Morgan fingerprint density at radius 1 is 1.15 bits per heavy atom. The van der Waals surface area contributed by atoms with Crippen LogP contribution in [0.25, 0.3) is 0 Å². The van der Waals surface area contributed by atoms with E-state index in [0.29, 0.717) is 0 Å². The zero-order valence-corrected chi connectivity index (χ0v) is 14.2. The zero-order chi connectivity index (χ0) is 6.78. The van der Waals surface area contributed by atoms with Gasteiger partial charge in [0.25, 0.3) is 0 Å². The second-order valence-corrected chi connectivity index (χ2v) is 2.01. The van der Waals surface area contributed by atoms with E-state index in [1.54, 1.807) is 0 Å². The topological polar surface area (TPSA) is 167 Å². The molecule has 0 aromatic carbocycles. The molecule has 0 heterocycles. The maximum absolute atomic E-state index is 9.53. The summed E-state index contributed by atoms with van der Waals surface area (Å²) in [6.07, 6.45) is -1.99. The van der Waals surface area contributed by atoms with Gasteiger partial charge in [-0.25, -0.2) is 9.36 Å². The van der Waals surface area contributed by atoms with Crippen LogP contribution in [-0.2, 0) is 9.09 Å². The first kappa shape index (κ1) is 36.0. The smallest absolute Gasteiger partial charge is 1.00 e. The van der Waals surface area contributed by atoms with Crippen molar-refractivity contribution in [1.29, 1.82) is 0 Å². The van der Waals surface area contributed by atoms with E-state index < -0.39 is 14.0 Å². The largest absolute Gasteiger partial charge is 2.00 e. The van der Waals surface area contributed by atoms with Gasteiger partial charge in [0.05, 0.1) is 0 Å². The maximum atomic E-state index is 9.53. The van der Waals surface area contributed by atoms with Gasteiger partial charge >= 0.3 is 127 Å². The molecule has 0 saturated carbocycles. The van der Waals surface area contributed by atoms with Gasteiger partial charge in [0, 0.05) is 0 Å². The summed E-state index contributed by atoms with van der Waals surface area (Å²) >= 11 is 0. The van der Waals surface area contributed by atoms with Crippen LogP contribution < -0.4 is 0 Å². The second-order valence-electron chi connectivity index (χ2n) is 0.848. The van der Waals surface area contributed by atoms with E-state index in [0.717, 1.165) is 0 Å². The van der Waals surface area contributed by atoms with E-state index in [1.165, 1.54) is 0 Å². The van der Waals surface area contributed by atoms with E-state index in [2.05, 4.69) is 4.52 Å². The van der Waals surface area contributed by atoms with Crippen LogP contribution in [0.4, 0.5) is 4.79 Å². The van der Waals surface area contributed by atoms with E-state index in [4.69, 9.17) is 14.9 Å². The molecular weight excluding hydrogens is 291 g/mol. The molecule has 0 aliphatic carbocycles. The maximum Gasteiger partial charge on any atom is 2.00 e. The van der Waals surface area contributed by atoms with Crippen LogP contribution in [0.5, 0.6) is 0 Å². The van der Waals surface area contributed by atoms with Crippen LogP contribution >= 0.6 is 7.82 Å². The van der Waals surface area contributed by atoms with Gasteiger partial charge in [0.15, 0.2) is 0 Å². The van der Waals surface area contributed by atoms with E-state index in [9.17, 15) is 9.36 Å². The third-order valence-corrected chi connectivity index (χ3v) is 0.591. The molecule has 0 aliphatic rings. The van der Waals surface area contributed by atoms with Crippen molar-refractivity contribution in [2.24, 2.45) is 0 Å². The molecule has 0 saturated heterocycles. The van der Waals surface area contributed by atoms with Crippen molar-refractivity contribution in [2.45, 2.75) is 0 Å². The molecule has 12 heteroatoms. The van der Waals surface area contributed by atoms with Crippen LogP contribution in [0, 0.1) is 0 Å². The molecule has 0 aliphatic heterocycles. The van der Waals surface area contributed by atoms with Crippen LogP contribution in [0.3, 0.4) is 0 Å². The Bertz CT molecular complexity index is 159. The molecule has 0 fully saturated rings. The number of rotatable bonds is 1. The summed E-state index contributed by atoms with van der Waals surface area (Å²) in [5, 5.41) is 7.53. The van der Waals surface area contributed by atoms with Crippen LogP contribution in [0.1, 0.15) is 8.56 Å². The van der Waals surface area contributed by atoms with Gasteiger partial charge in [0.2, 0.25) is 0 Å². The molecule has 0 unspecified atom stereocenters. The number of hydrogen-bond donors (Lipinski definition) is 3. The standard InChI is InChI=1S/CH3O6P.3Ca.2H2O.6H/c2-1(3)7-8(4,5)6;;;;;;;;;;;/h(H,2,3)(H2,4,5,6);;;;2*1H2;;;;;;/q;3*+2;;;6*-1. The van der Waals surface area contributed by atoms with Crippen LogP contribution in [0.15, 0.2) is 0 Å². The molecular formula is CH13Ca3O8P. The summed E-state index contributed by atoms with van der Waals surface area (Å²) in [4.78, 5) is 24.7. The fourth-order valence-corrected chi connectivity index (χ4v) is 0.305. The Balaban J connectivity index is -0.00000000445. The monoisotopic (exact) mass is 304 g/mol. The third kappa shape index (κ3) is 39.5. The van der Waals surface area contributed by atoms with Gasteiger partial charge in [-0.3, -0.25) is 9.79 Å². The Labute approximate surface area is 172 Å². The van der Waals surface area contributed by atoms with Gasteiger partial charge in [-0.15, -0.1) is 0 Å². The predicted octanol–water partition coefficient (Wildman–Crippen LogP) is -2.34. The van der Waals surface area contributed by atoms with Crippen molar-refractivity contribution < 1.29 is 48.3 Å². The molecule has 7 N–H and O–H groups in total. The second kappa shape index (κ2) is 17.5. The Morgan fingerprint density at radius 3 is 1.38 bits per heavy atom. The first-order chi connectivity index (χ1) is 3.42. The summed E-state index contributed by atoms with van der Waals surface area (Å²) in [6.45, 7) is 0. The van der Waals surface area contributed by atoms with Crippen LogP contribution in [0.2, 0.25) is 0 Å². The minimum Gasteiger partial charge on any atom is -1.00 e. The minimum atomic E-state index is -4.82. The van der Waals surface area contributed by atoms with Crippen molar-refractivity contribution in [2.75, 3.05) is 0 Å². The van der Waals surface area contributed by atoms with Crippen molar-refractivity contribution in [3.8, 4) is 0 Å². The van der Waals surface area contributed by atoms with Crippen molar-refractivity contribution in [3.63, 3.8) is 0 Å². The Kier molecular flexibility index (Phi) is 48.5. The molecule has 0 spiro atoms. The molecule has 0 aromatic heterocycles. The first-order valence-electron chi connectivity index (χ1n) is 1.40. The predicted molar refractivity (Wildman–Crippen MR) is 52.3 cm³/mol. The summed E-state index contributed by atoms with van der Waals surface area (Å²) in [5.74, 6) is 0. The normalized spacial score (nSPS) is 6.62. The number of phosphoric ester groups is 1. The Hall–Kier alpha value is 3.12.